The molecule has 1 aliphatic rings. The SMILES string of the molecule is CC(CN)NCC1CN(C)CCO1. The molecule has 0 amide bonds. The van der Waals surface area contributed by atoms with Gasteiger partial charge in [0.2, 0.25) is 0 Å². The molecule has 0 spiro atoms. The first-order valence-electron chi connectivity index (χ1n) is 4.96. The number of nitrogens with two attached hydrogens (primary N) is 1. The number of ether oxygens (including phenoxy) is 1. The van der Waals surface area contributed by atoms with Crippen LogP contribution >= 0.6 is 0 Å². The summed E-state index contributed by atoms with van der Waals surface area (Å²) in [7, 11) is 2.13. The number of nitrogens with one attached hydrogen (secondary N) is 1. The van der Waals surface area contributed by atoms with Crippen molar-refractivity contribution in [1.29, 1.82) is 0 Å². The van der Waals surface area contributed by atoms with Crippen LogP contribution in [0.4, 0.5) is 0 Å². The zero-order valence-electron chi connectivity index (χ0n) is 8.62. The molecule has 2 atom stereocenters. The Morgan fingerprint density at radius 3 is 3.08 bits per heavy atom. The highest BCUT2D eigenvalue weighted by Crippen LogP contribution is 2.01. The maximum atomic E-state index is 5.60. The van der Waals surface area contributed by atoms with Gasteiger partial charge in [0.15, 0.2) is 0 Å². The lowest BCUT2D eigenvalue weighted by Gasteiger charge is -2.30. The molecule has 1 saturated heterocycles. The molecule has 1 aliphatic heterocycles. The number of morpholine rings is 1. The van der Waals surface area contributed by atoms with Crippen LogP contribution in [0.3, 0.4) is 0 Å². The van der Waals surface area contributed by atoms with Crippen LogP contribution in [0.25, 0.3) is 0 Å². The molecule has 13 heavy (non-hydrogen) atoms. The van der Waals surface area contributed by atoms with E-state index in [1.165, 1.54) is 0 Å². The summed E-state index contributed by atoms with van der Waals surface area (Å²) in [5.41, 5.74) is 5.50. The van der Waals surface area contributed by atoms with E-state index in [0.29, 0.717) is 18.7 Å². The lowest BCUT2D eigenvalue weighted by Crippen LogP contribution is -2.47. The summed E-state index contributed by atoms with van der Waals surface area (Å²) in [6, 6.07) is 0.385. The highest BCUT2D eigenvalue weighted by Gasteiger charge is 2.17. The minimum Gasteiger partial charge on any atom is -0.374 e. The Morgan fingerprint density at radius 2 is 2.46 bits per heavy atom. The van der Waals surface area contributed by atoms with Crippen molar-refractivity contribution in [3.05, 3.63) is 0 Å². The summed E-state index contributed by atoms with van der Waals surface area (Å²) in [6.45, 7) is 6.59. The molecule has 2 unspecified atom stereocenters. The molecule has 0 radical (unpaired) electrons. The Labute approximate surface area is 80.4 Å². The van der Waals surface area contributed by atoms with Gasteiger partial charge in [-0.2, -0.15) is 0 Å². The van der Waals surface area contributed by atoms with E-state index in [4.69, 9.17) is 10.5 Å². The number of nitrogens with zero attached hydrogens (tertiary/aromatic N) is 1. The second kappa shape index (κ2) is 5.54. The fourth-order valence-corrected chi connectivity index (χ4v) is 1.41. The summed E-state index contributed by atoms with van der Waals surface area (Å²) in [5, 5.41) is 3.35. The largest absolute Gasteiger partial charge is 0.374 e. The first-order valence-corrected chi connectivity index (χ1v) is 4.96. The third-order valence-corrected chi connectivity index (χ3v) is 2.39. The Hall–Kier alpha value is -0.160. The van der Waals surface area contributed by atoms with Crippen molar-refractivity contribution in [2.75, 3.05) is 39.8 Å². The molecule has 1 heterocycles. The van der Waals surface area contributed by atoms with Crippen molar-refractivity contribution >= 4 is 0 Å². The van der Waals surface area contributed by atoms with Crippen LogP contribution in [0.5, 0.6) is 0 Å². The van der Waals surface area contributed by atoms with Gasteiger partial charge in [0, 0.05) is 32.2 Å². The van der Waals surface area contributed by atoms with Gasteiger partial charge in [-0.15, -0.1) is 0 Å². The number of hydrogen-bond acceptors (Lipinski definition) is 4. The van der Waals surface area contributed by atoms with Crippen LogP contribution in [0.1, 0.15) is 6.92 Å². The zero-order chi connectivity index (χ0) is 9.68. The van der Waals surface area contributed by atoms with Gasteiger partial charge >= 0.3 is 0 Å². The smallest absolute Gasteiger partial charge is 0.0826 e. The van der Waals surface area contributed by atoms with Crippen LogP contribution in [0.2, 0.25) is 0 Å². The predicted molar refractivity (Wildman–Crippen MR) is 53.8 cm³/mol. The summed E-state index contributed by atoms with van der Waals surface area (Å²) in [6.07, 6.45) is 0.327. The monoisotopic (exact) mass is 187 g/mol. The minimum absolute atomic E-state index is 0.327. The zero-order valence-corrected chi connectivity index (χ0v) is 8.62. The van der Waals surface area contributed by atoms with Gasteiger partial charge < -0.3 is 20.7 Å². The predicted octanol–water partition coefficient (Wildman–Crippen LogP) is -0.746. The van der Waals surface area contributed by atoms with Gasteiger partial charge in [-0.1, -0.05) is 0 Å². The lowest BCUT2D eigenvalue weighted by atomic mass is 10.2. The van der Waals surface area contributed by atoms with Crippen molar-refractivity contribution in [2.45, 2.75) is 19.1 Å². The highest BCUT2D eigenvalue weighted by atomic mass is 16.5. The van der Waals surface area contributed by atoms with E-state index >= 15 is 0 Å². The molecule has 1 rings (SSSR count). The van der Waals surface area contributed by atoms with E-state index in [-0.39, 0.29) is 0 Å². The molecule has 0 saturated carbocycles. The first kappa shape index (κ1) is 10.9. The molecule has 0 aromatic carbocycles. The van der Waals surface area contributed by atoms with Crippen LogP contribution in [0, 0.1) is 0 Å². The van der Waals surface area contributed by atoms with E-state index in [9.17, 15) is 0 Å². The van der Waals surface area contributed by atoms with Crippen LogP contribution in [-0.4, -0.2) is 56.9 Å². The van der Waals surface area contributed by atoms with Gasteiger partial charge in [0.25, 0.3) is 0 Å². The third-order valence-electron chi connectivity index (χ3n) is 2.39. The van der Waals surface area contributed by atoms with Crippen molar-refractivity contribution in [2.24, 2.45) is 5.73 Å². The summed E-state index contributed by atoms with van der Waals surface area (Å²) in [4.78, 5) is 2.29. The average Bonchev–Trinajstić information content (AvgIpc) is 2.14. The molecule has 0 aliphatic carbocycles. The van der Waals surface area contributed by atoms with Crippen molar-refractivity contribution < 1.29 is 4.74 Å². The van der Waals surface area contributed by atoms with E-state index in [1.807, 2.05) is 0 Å². The topological polar surface area (TPSA) is 50.5 Å². The normalized spacial score (nSPS) is 27.5. The fraction of sp³-hybridized carbons (Fsp3) is 1.00. The van der Waals surface area contributed by atoms with Gasteiger partial charge in [0.05, 0.1) is 12.7 Å². The van der Waals surface area contributed by atoms with Gasteiger partial charge in [0.1, 0.15) is 0 Å². The maximum Gasteiger partial charge on any atom is 0.0826 e. The molecule has 1 fully saturated rings. The standard InChI is InChI=1S/C9H21N3O/c1-8(5-10)11-6-9-7-12(2)3-4-13-9/h8-9,11H,3-7,10H2,1-2H3. The van der Waals surface area contributed by atoms with Crippen molar-refractivity contribution in [3.63, 3.8) is 0 Å². The van der Waals surface area contributed by atoms with E-state index in [2.05, 4.69) is 24.2 Å². The van der Waals surface area contributed by atoms with Crippen LogP contribution < -0.4 is 11.1 Å². The van der Waals surface area contributed by atoms with Gasteiger partial charge in [-0.25, -0.2) is 0 Å². The molecule has 0 bridgehead atoms. The van der Waals surface area contributed by atoms with E-state index in [0.717, 1.165) is 26.2 Å². The van der Waals surface area contributed by atoms with Crippen LogP contribution in [-0.2, 0) is 4.74 Å². The molecule has 78 valence electrons. The molecule has 0 aromatic heterocycles. The quantitative estimate of drug-likeness (QED) is 0.608. The van der Waals surface area contributed by atoms with Crippen LogP contribution in [0.15, 0.2) is 0 Å². The number of rotatable bonds is 4. The van der Waals surface area contributed by atoms with Crippen molar-refractivity contribution in [3.8, 4) is 0 Å². The number of likely N-dealkylation sites (N-methyl/N-ethyl adjacent to an activating group) is 1. The molecule has 3 N–H and O–H groups in total. The molecular weight excluding hydrogens is 166 g/mol. The Bertz CT molecular complexity index is 143. The Morgan fingerprint density at radius 1 is 1.69 bits per heavy atom. The maximum absolute atomic E-state index is 5.60. The first-order chi connectivity index (χ1) is 6.22. The second-order valence-electron chi connectivity index (χ2n) is 3.80. The van der Waals surface area contributed by atoms with E-state index in [1.54, 1.807) is 0 Å². The molecule has 4 heteroatoms. The molecule has 4 nitrogen and oxygen atoms in total. The minimum atomic E-state index is 0.327. The Balaban J connectivity index is 2.13. The second-order valence-corrected chi connectivity index (χ2v) is 3.80. The lowest BCUT2D eigenvalue weighted by molar-refractivity contribution is -0.0189. The Kier molecular flexibility index (Phi) is 4.66. The summed E-state index contributed by atoms with van der Waals surface area (Å²) >= 11 is 0. The summed E-state index contributed by atoms with van der Waals surface area (Å²) < 4.78 is 5.60. The average molecular weight is 187 g/mol. The highest BCUT2D eigenvalue weighted by molar-refractivity contribution is 4.73. The molecular formula is C9H21N3O. The van der Waals surface area contributed by atoms with Crippen molar-refractivity contribution in [1.82, 2.24) is 10.2 Å². The summed E-state index contributed by atoms with van der Waals surface area (Å²) in [5.74, 6) is 0. The molecule has 0 aromatic rings. The van der Waals surface area contributed by atoms with E-state index < -0.39 is 0 Å². The number of hydrogen-bond donors (Lipinski definition) is 2. The third kappa shape index (κ3) is 4.04. The fourth-order valence-electron chi connectivity index (χ4n) is 1.41. The van der Waals surface area contributed by atoms with Gasteiger partial charge in [-0.3, -0.25) is 0 Å². The van der Waals surface area contributed by atoms with Gasteiger partial charge in [-0.05, 0) is 14.0 Å².